The third-order valence-electron chi connectivity index (χ3n) is 3.44. The van der Waals surface area contributed by atoms with Crippen LogP contribution in [0.5, 0.6) is 5.75 Å². The molecule has 0 spiro atoms. The quantitative estimate of drug-likeness (QED) is 0.694. The number of hydrogen-bond acceptors (Lipinski definition) is 7. The summed E-state index contributed by atoms with van der Waals surface area (Å²) < 4.78 is 16.5. The number of carbonyl (C=O) groups excluding carboxylic acids is 1. The number of morpholine rings is 1. The van der Waals surface area contributed by atoms with Crippen molar-refractivity contribution in [1.29, 1.82) is 0 Å². The smallest absolute Gasteiger partial charge is 0.349 e. The number of hydrogen-bond donors (Lipinski definition) is 1. The average molecular weight is 351 g/mol. The Morgan fingerprint density at radius 3 is 2.92 bits per heavy atom. The van der Waals surface area contributed by atoms with Gasteiger partial charge < -0.3 is 24.2 Å². The van der Waals surface area contributed by atoms with E-state index in [-0.39, 0.29) is 6.10 Å². The second kappa shape index (κ2) is 9.77. The normalized spacial score (nSPS) is 18.2. The molecule has 1 N–H and O–H groups in total. The fraction of sp³-hybridized carbons (Fsp3) is 0.412. The lowest BCUT2D eigenvalue weighted by molar-refractivity contribution is -0.214. The molecular weight excluding hydrogens is 330 g/mol. The summed E-state index contributed by atoms with van der Waals surface area (Å²) in [5.41, 5.74) is 0.933. The van der Waals surface area contributed by atoms with Crippen molar-refractivity contribution < 1.29 is 33.7 Å². The van der Waals surface area contributed by atoms with Crippen LogP contribution in [-0.2, 0) is 30.5 Å². The minimum absolute atomic E-state index is 0.250. The van der Waals surface area contributed by atoms with Crippen molar-refractivity contribution in [2.75, 3.05) is 33.4 Å². The molecule has 1 heterocycles. The SMILES string of the molecule is COc1ccccc1COCC1CN(OC(=O)/C=C/C(=O)O)CCO1. The van der Waals surface area contributed by atoms with Crippen LogP contribution in [0, 0.1) is 0 Å². The molecule has 8 heteroatoms. The standard InChI is InChI=1S/C17H21NO7/c1-22-15-5-3-2-4-13(15)11-23-12-14-10-18(8-9-24-14)25-17(21)7-6-16(19)20/h2-7,14H,8-12H2,1H3,(H,19,20)/b7-6+. The van der Waals surface area contributed by atoms with Crippen LogP contribution in [0.2, 0.25) is 0 Å². The third kappa shape index (κ3) is 6.54. The molecule has 0 amide bonds. The summed E-state index contributed by atoms with van der Waals surface area (Å²) >= 11 is 0. The zero-order chi connectivity index (χ0) is 18.1. The lowest BCUT2D eigenvalue weighted by Crippen LogP contribution is -2.45. The van der Waals surface area contributed by atoms with Crippen LogP contribution >= 0.6 is 0 Å². The highest BCUT2D eigenvalue weighted by molar-refractivity contribution is 5.90. The van der Waals surface area contributed by atoms with Crippen LogP contribution in [0.15, 0.2) is 36.4 Å². The highest BCUT2D eigenvalue weighted by Gasteiger charge is 2.23. The van der Waals surface area contributed by atoms with Crippen molar-refractivity contribution in [3.63, 3.8) is 0 Å². The molecule has 1 fully saturated rings. The van der Waals surface area contributed by atoms with E-state index < -0.39 is 11.9 Å². The Hall–Kier alpha value is -2.42. The topological polar surface area (TPSA) is 94.5 Å². The van der Waals surface area contributed by atoms with Gasteiger partial charge in [-0.15, -0.1) is 5.06 Å². The third-order valence-corrected chi connectivity index (χ3v) is 3.44. The molecule has 25 heavy (non-hydrogen) atoms. The largest absolute Gasteiger partial charge is 0.496 e. The van der Waals surface area contributed by atoms with Crippen LogP contribution in [-0.4, -0.2) is 61.6 Å². The Labute approximate surface area is 145 Å². The molecular formula is C17H21NO7. The van der Waals surface area contributed by atoms with E-state index in [2.05, 4.69) is 0 Å². The van der Waals surface area contributed by atoms with Gasteiger partial charge in [0, 0.05) is 17.7 Å². The zero-order valence-electron chi connectivity index (χ0n) is 13.9. The van der Waals surface area contributed by atoms with Gasteiger partial charge in [0.2, 0.25) is 0 Å². The van der Waals surface area contributed by atoms with Gasteiger partial charge in [-0.05, 0) is 6.07 Å². The summed E-state index contributed by atoms with van der Waals surface area (Å²) in [6.45, 7) is 1.86. The van der Waals surface area contributed by atoms with Crippen molar-refractivity contribution in [2.24, 2.45) is 0 Å². The number of benzene rings is 1. The van der Waals surface area contributed by atoms with E-state index >= 15 is 0 Å². The predicted octanol–water partition coefficient (Wildman–Crippen LogP) is 1.01. The van der Waals surface area contributed by atoms with Crippen molar-refractivity contribution in [2.45, 2.75) is 12.7 Å². The van der Waals surface area contributed by atoms with Gasteiger partial charge in [0.05, 0.1) is 46.1 Å². The van der Waals surface area contributed by atoms with E-state index in [0.717, 1.165) is 23.5 Å². The van der Waals surface area contributed by atoms with Gasteiger partial charge in [-0.2, -0.15) is 0 Å². The highest BCUT2D eigenvalue weighted by atomic mass is 16.7. The molecule has 0 aliphatic carbocycles. The number of rotatable bonds is 8. The maximum Gasteiger partial charge on any atom is 0.349 e. The summed E-state index contributed by atoms with van der Waals surface area (Å²) in [5, 5.41) is 9.92. The molecule has 0 radical (unpaired) electrons. The van der Waals surface area contributed by atoms with Gasteiger partial charge in [0.15, 0.2) is 0 Å². The number of nitrogens with zero attached hydrogens (tertiary/aromatic N) is 1. The predicted molar refractivity (Wildman–Crippen MR) is 86.8 cm³/mol. The summed E-state index contributed by atoms with van der Waals surface area (Å²) in [6, 6.07) is 7.58. The molecule has 8 nitrogen and oxygen atoms in total. The van der Waals surface area contributed by atoms with Gasteiger partial charge >= 0.3 is 11.9 Å². The Morgan fingerprint density at radius 1 is 1.36 bits per heavy atom. The second-order valence-corrected chi connectivity index (χ2v) is 5.29. The van der Waals surface area contributed by atoms with Crippen LogP contribution in [0.25, 0.3) is 0 Å². The number of carboxylic acids is 1. The van der Waals surface area contributed by atoms with Crippen molar-refractivity contribution >= 4 is 11.9 Å². The molecule has 136 valence electrons. The first-order valence-corrected chi connectivity index (χ1v) is 7.77. The molecule has 1 unspecified atom stereocenters. The van der Waals surface area contributed by atoms with Gasteiger partial charge in [-0.1, -0.05) is 18.2 Å². The van der Waals surface area contributed by atoms with Gasteiger partial charge in [0.1, 0.15) is 5.75 Å². The molecule has 0 saturated carbocycles. The van der Waals surface area contributed by atoms with Crippen LogP contribution < -0.4 is 4.74 Å². The first kappa shape index (κ1) is 18.9. The van der Waals surface area contributed by atoms with E-state index in [1.807, 2.05) is 24.3 Å². The number of methoxy groups -OCH3 is 1. The van der Waals surface area contributed by atoms with E-state index in [4.69, 9.17) is 24.2 Å². The Kier molecular flexibility index (Phi) is 7.39. The van der Waals surface area contributed by atoms with Crippen molar-refractivity contribution in [3.8, 4) is 5.75 Å². The number of carbonyl (C=O) groups is 2. The number of carboxylic acid groups (broad SMARTS) is 1. The van der Waals surface area contributed by atoms with Crippen LogP contribution in [0.4, 0.5) is 0 Å². The molecule has 0 aromatic heterocycles. The first-order valence-electron chi connectivity index (χ1n) is 7.77. The number of para-hydroxylation sites is 1. The fourth-order valence-electron chi connectivity index (χ4n) is 2.30. The molecule has 1 aromatic rings. The van der Waals surface area contributed by atoms with Crippen molar-refractivity contribution in [1.82, 2.24) is 5.06 Å². The maximum atomic E-state index is 11.5. The first-order chi connectivity index (χ1) is 12.1. The van der Waals surface area contributed by atoms with E-state index in [1.165, 1.54) is 5.06 Å². The maximum absolute atomic E-state index is 11.5. The number of ether oxygens (including phenoxy) is 3. The summed E-state index contributed by atoms with van der Waals surface area (Å²) in [6.07, 6.45) is 1.35. The Morgan fingerprint density at radius 2 is 2.16 bits per heavy atom. The summed E-state index contributed by atoms with van der Waals surface area (Å²) in [5.74, 6) is -1.19. The minimum Gasteiger partial charge on any atom is -0.496 e. The van der Waals surface area contributed by atoms with E-state index in [1.54, 1.807) is 7.11 Å². The van der Waals surface area contributed by atoms with E-state index in [9.17, 15) is 9.59 Å². The van der Waals surface area contributed by atoms with Gasteiger partial charge in [0.25, 0.3) is 0 Å². The molecule has 1 aromatic carbocycles. The average Bonchev–Trinajstić information content (AvgIpc) is 2.61. The molecule has 0 bridgehead atoms. The molecule has 1 aliphatic heterocycles. The lowest BCUT2D eigenvalue weighted by atomic mass is 10.2. The fourth-order valence-corrected chi connectivity index (χ4v) is 2.30. The van der Waals surface area contributed by atoms with E-state index in [0.29, 0.717) is 32.9 Å². The number of aliphatic carboxylic acids is 1. The second-order valence-electron chi connectivity index (χ2n) is 5.29. The lowest BCUT2D eigenvalue weighted by Gasteiger charge is -2.30. The van der Waals surface area contributed by atoms with Gasteiger partial charge in [-0.25, -0.2) is 9.59 Å². The summed E-state index contributed by atoms with van der Waals surface area (Å²) in [7, 11) is 1.61. The zero-order valence-corrected chi connectivity index (χ0v) is 13.9. The monoisotopic (exact) mass is 351 g/mol. The highest BCUT2D eigenvalue weighted by Crippen LogP contribution is 2.18. The van der Waals surface area contributed by atoms with Crippen LogP contribution in [0.3, 0.4) is 0 Å². The molecule has 1 aliphatic rings. The Bertz CT molecular complexity index is 617. The minimum atomic E-state index is -1.21. The molecule has 2 rings (SSSR count). The molecule has 1 atom stereocenters. The van der Waals surface area contributed by atoms with Crippen molar-refractivity contribution in [3.05, 3.63) is 42.0 Å². The summed E-state index contributed by atoms with van der Waals surface area (Å²) in [4.78, 5) is 26.9. The van der Waals surface area contributed by atoms with Crippen LogP contribution in [0.1, 0.15) is 5.56 Å². The Balaban J connectivity index is 1.75. The van der Waals surface area contributed by atoms with Gasteiger partial charge in [-0.3, -0.25) is 0 Å². The molecule has 1 saturated heterocycles. The number of hydroxylamine groups is 2.